The summed E-state index contributed by atoms with van der Waals surface area (Å²) < 4.78 is 14.7. The number of aromatic nitrogens is 2. The van der Waals surface area contributed by atoms with Crippen LogP contribution in [-0.2, 0) is 13.0 Å². The molecule has 2 heterocycles. The number of carbonyl (C=O) groups is 1. The summed E-state index contributed by atoms with van der Waals surface area (Å²) in [7, 11) is 3.24. The van der Waals surface area contributed by atoms with Gasteiger partial charge < -0.3 is 14.4 Å². The third-order valence-corrected chi connectivity index (χ3v) is 4.51. The number of hydrogen-bond donors (Lipinski definition) is 0. The predicted octanol–water partition coefficient (Wildman–Crippen LogP) is 2.06. The lowest BCUT2D eigenvalue weighted by atomic mass is 9.99. The van der Waals surface area contributed by atoms with E-state index in [4.69, 9.17) is 9.47 Å². The molecule has 2 aromatic rings. The van der Waals surface area contributed by atoms with Crippen molar-refractivity contribution in [1.29, 1.82) is 0 Å². The largest absolute Gasteiger partial charge is 0.493 e. The van der Waals surface area contributed by atoms with E-state index in [0.717, 1.165) is 29.3 Å². The molecule has 0 unspecified atom stereocenters. The third-order valence-electron chi connectivity index (χ3n) is 3.72. The number of nitrogens with zero attached hydrogens (tertiary/aromatic N) is 3. The summed E-state index contributed by atoms with van der Waals surface area (Å²) in [6.45, 7) is 3.00. The Hall–Kier alpha value is -2.15. The molecule has 0 fully saturated rings. The molecule has 0 aliphatic carbocycles. The van der Waals surface area contributed by atoms with E-state index in [1.165, 1.54) is 5.56 Å². The van der Waals surface area contributed by atoms with Gasteiger partial charge in [-0.05, 0) is 48.1 Å². The second-order valence-electron chi connectivity index (χ2n) is 5.10. The van der Waals surface area contributed by atoms with E-state index in [9.17, 15) is 4.79 Å². The van der Waals surface area contributed by atoms with Crippen molar-refractivity contribution in [3.63, 3.8) is 0 Å². The molecule has 1 aliphatic heterocycles. The Bertz CT molecular complexity index is 714. The van der Waals surface area contributed by atoms with Crippen LogP contribution < -0.4 is 9.47 Å². The highest BCUT2D eigenvalue weighted by atomic mass is 32.1. The normalized spacial score (nSPS) is 13.7. The smallest absolute Gasteiger partial charge is 0.284 e. The highest BCUT2D eigenvalue weighted by Crippen LogP contribution is 2.33. The van der Waals surface area contributed by atoms with E-state index in [-0.39, 0.29) is 5.91 Å². The lowest BCUT2D eigenvalue weighted by Crippen LogP contribution is -2.36. The molecule has 6 nitrogen and oxygen atoms in total. The van der Waals surface area contributed by atoms with E-state index in [0.29, 0.717) is 29.7 Å². The molecule has 3 rings (SSSR count). The van der Waals surface area contributed by atoms with Gasteiger partial charge in [-0.3, -0.25) is 4.79 Å². The Balaban J connectivity index is 1.85. The Morgan fingerprint density at radius 2 is 1.91 bits per heavy atom. The summed E-state index contributed by atoms with van der Waals surface area (Å²) in [5.74, 6) is 1.98. The van der Waals surface area contributed by atoms with Crippen LogP contribution in [0, 0.1) is 6.92 Å². The van der Waals surface area contributed by atoms with Crippen LogP contribution in [0.2, 0.25) is 0 Å². The summed E-state index contributed by atoms with van der Waals surface area (Å²) in [6.07, 6.45) is 0.791. The van der Waals surface area contributed by atoms with Crippen molar-refractivity contribution in [3.05, 3.63) is 34.1 Å². The zero-order valence-corrected chi connectivity index (χ0v) is 13.6. The molecule has 0 spiro atoms. The Kier molecular flexibility index (Phi) is 3.98. The zero-order valence-electron chi connectivity index (χ0n) is 12.8. The number of amides is 1. The highest BCUT2D eigenvalue weighted by molar-refractivity contribution is 7.07. The van der Waals surface area contributed by atoms with Gasteiger partial charge in [0.25, 0.3) is 5.91 Å². The first-order chi connectivity index (χ1) is 10.6. The van der Waals surface area contributed by atoms with Crippen molar-refractivity contribution in [3.8, 4) is 11.5 Å². The number of aryl methyl sites for hydroxylation is 1. The standard InChI is InChI=1S/C15H17N3O3S/c1-9-16-14(22-17-9)15(19)18-5-4-10-6-12(20-2)13(21-3)7-11(10)8-18/h6-7H,4-5,8H2,1-3H3. The number of hydrogen-bond acceptors (Lipinski definition) is 6. The van der Waals surface area contributed by atoms with Crippen molar-refractivity contribution in [2.24, 2.45) is 0 Å². The molecule has 1 aromatic carbocycles. The predicted molar refractivity (Wildman–Crippen MR) is 82.6 cm³/mol. The van der Waals surface area contributed by atoms with E-state index in [1.54, 1.807) is 26.0 Å². The van der Waals surface area contributed by atoms with Crippen molar-refractivity contribution in [2.75, 3.05) is 20.8 Å². The number of carbonyl (C=O) groups excluding carboxylic acids is 1. The molecule has 116 valence electrons. The molecule has 1 aliphatic rings. The van der Waals surface area contributed by atoms with Gasteiger partial charge in [0.15, 0.2) is 11.5 Å². The number of rotatable bonds is 3. The van der Waals surface area contributed by atoms with Gasteiger partial charge in [-0.1, -0.05) is 0 Å². The highest BCUT2D eigenvalue weighted by Gasteiger charge is 2.25. The van der Waals surface area contributed by atoms with Crippen LogP contribution in [0.25, 0.3) is 0 Å². The Morgan fingerprint density at radius 3 is 2.50 bits per heavy atom. The first-order valence-electron chi connectivity index (χ1n) is 6.95. The average Bonchev–Trinajstić information content (AvgIpc) is 2.98. The molecule has 0 atom stereocenters. The number of methoxy groups -OCH3 is 2. The molecule has 7 heteroatoms. The van der Waals surface area contributed by atoms with Crippen LogP contribution in [0.1, 0.15) is 26.8 Å². The van der Waals surface area contributed by atoms with Gasteiger partial charge in [-0.2, -0.15) is 4.37 Å². The van der Waals surface area contributed by atoms with E-state index in [2.05, 4.69) is 9.36 Å². The molecule has 1 aromatic heterocycles. The summed E-state index contributed by atoms with van der Waals surface area (Å²) >= 11 is 1.15. The minimum absolute atomic E-state index is 0.0639. The van der Waals surface area contributed by atoms with Crippen LogP contribution in [0.4, 0.5) is 0 Å². The maximum Gasteiger partial charge on any atom is 0.284 e. The van der Waals surface area contributed by atoms with E-state index >= 15 is 0 Å². The van der Waals surface area contributed by atoms with Crippen LogP contribution in [0.5, 0.6) is 11.5 Å². The molecule has 1 amide bonds. The fourth-order valence-electron chi connectivity index (χ4n) is 2.58. The third kappa shape index (κ3) is 2.64. The molecular weight excluding hydrogens is 302 g/mol. The van der Waals surface area contributed by atoms with Gasteiger partial charge in [0.05, 0.1) is 14.2 Å². The topological polar surface area (TPSA) is 64.6 Å². The lowest BCUT2D eigenvalue weighted by Gasteiger charge is -2.28. The quantitative estimate of drug-likeness (QED) is 0.866. The van der Waals surface area contributed by atoms with Gasteiger partial charge in [0, 0.05) is 13.1 Å². The second kappa shape index (κ2) is 5.92. The first-order valence-corrected chi connectivity index (χ1v) is 7.73. The molecule has 0 bridgehead atoms. The van der Waals surface area contributed by atoms with Crippen molar-refractivity contribution >= 4 is 17.4 Å². The SMILES string of the molecule is COc1cc2c(cc1OC)CN(C(=O)c1nc(C)ns1)CC2. The van der Waals surface area contributed by atoms with Crippen LogP contribution in [0.3, 0.4) is 0 Å². The van der Waals surface area contributed by atoms with Gasteiger partial charge in [0.2, 0.25) is 5.01 Å². The Morgan fingerprint density at radius 1 is 1.23 bits per heavy atom. The average molecular weight is 319 g/mol. The number of ether oxygens (including phenoxy) is 2. The monoisotopic (exact) mass is 319 g/mol. The summed E-state index contributed by atoms with van der Waals surface area (Å²) in [6, 6.07) is 3.93. The van der Waals surface area contributed by atoms with Crippen LogP contribution in [0.15, 0.2) is 12.1 Å². The maximum atomic E-state index is 12.5. The van der Waals surface area contributed by atoms with Crippen molar-refractivity contribution in [2.45, 2.75) is 19.9 Å². The van der Waals surface area contributed by atoms with Crippen molar-refractivity contribution in [1.82, 2.24) is 14.3 Å². The molecule has 0 N–H and O–H groups in total. The fourth-order valence-corrected chi connectivity index (χ4v) is 3.22. The molecule has 0 saturated carbocycles. The van der Waals surface area contributed by atoms with Crippen molar-refractivity contribution < 1.29 is 14.3 Å². The molecular formula is C15H17N3O3S. The van der Waals surface area contributed by atoms with Gasteiger partial charge in [0.1, 0.15) is 5.82 Å². The maximum absolute atomic E-state index is 12.5. The lowest BCUT2D eigenvalue weighted by molar-refractivity contribution is 0.0734. The second-order valence-corrected chi connectivity index (χ2v) is 5.85. The van der Waals surface area contributed by atoms with Gasteiger partial charge >= 0.3 is 0 Å². The van der Waals surface area contributed by atoms with Crippen LogP contribution in [-0.4, -0.2) is 40.9 Å². The van der Waals surface area contributed by atoms with Gasteiger partial charge in [-0.15, -0.1) is 0 Å². The number of fused-ring (bicyclic) bond motifs is 1. The first kappa shape index (κ1) is 14.8. The Labute approximate surface area is 132 Å². The summed E-state index contributed by atoms with van der Waals surface area (Å²) in [5.41, 5.74) is 2.27. The van der Waals surface area contributed by atoms with Gasteiger partial charge in [-0.25, -0.2) is 4.98 Å². The number of benzene rings is 1. The van der Waals surface area contributed by atoms with E-state index in [1.807, 2.05) is 12.1 Å². The minimum Gasteiger partial charge on any atom is -0.493 e. The molecule has 22 heavy (non-hydrogen) atoms. The van der Waals surface area contributed by atoms with Crippen LogP contribution >= 0.6 is 11.5 Å². The zero-order chi connectivity index (χ0) is 15.7. The minimum atomic E-state index is -0.0639. The fraction of sp³-hybridized carbons (Fsp3) is 0.400. The van der Waals surface area contributed by atoms with E-state index < -0.39 is 0 Å². The summed E-state index contributed by atoms with van der Waals surface area (Å²) in [5, 5.41) is 0.446. The molecule has 0 radical (unpaired) electrons. The molecule has 0 saturated heterocycles. The summed E-state index contributed by atoms with van der Waals surface area (Å²) in [4.78, 5) is 18.5.